The Hall–Kier alpha value is -2.61. The van der Waals surface area contributed by atoms with Crippen molar-refractivity contribution in [2.75, 3.05) is 13.1 Å². The number of rotatable bonds is 8. The van der Waals surface area contributed by atoms with E-state index in [0.717, 1.165) is 5.56 Å². The Morgan fingerprint density at radius 3 is 2.43 bits per heavy atom. The first-order valence-electron chi connectivity index (χ1n) is 6.94. The van der Waals surface area contributed by atoms with Gasteiger partial charge < -0.3 is 25.6 Å². The van der Waals surface area contributed by atoms with E-state index in [1.165, 1.54) is 6.92 Å². The number of nitrogens with one attached hydrogen (secondary N) is 2. The number of hydrogen-bond acceptors (Lipinski definition) is 5. The molecular weight excluding hydrogens is 304 g/mol. The quantitative estimate of drug-likeness (QED) is 0.543. The third-order valence-electron chi connectivity index (χ3n) is 2.80. The van der Waals surface area contributed by atoms with Crippen LogP contribution in [0.25, 0.3) is 0 Å². The number of carbonyl (C=O) groups excluding carboxylic acids is 2. The molecule has 1 unspecified atom stereocenters. The predicted octanol–water partition coefficient (Wildman–Crippen LogP) is 0.255. The van der Waals surface area contributed by atoms with Gasteiger partial charge >= 0.3 is 12.1 Å². The van der Waals surface area contributed by atoms with Crippen LogP contribution in [-0.2, 0) is 20.9 Å². The largest absolute Gasteiger partial charge is 0.481 e. The first-order valence-corrected chi connectivity index (χ1v) is 6.94. The zero-order valence-electron chi connectivity index (χ0n) is 12.7. The Kier molecular flexibility index (Phi) is 7.01. The second-order valence-corrected chi connectivity index (χ2v) is 5.26. The van der Waals surface area contributed by atoms with Crippen molar-refractivity contribution in [3.05, 3.63) is 35.9 Å². The molecule has 126 valence electrons. The Morgan fingerprint density at radius 1 is 1.17 bits per heavy atom. The summed E-state index contributed by atoms with van der Waals surface area (Å²) in [5.41, 5.74) is -0.744. The van der Waals surface area contributed by atoms with Crippen LogP contribution in [0, 0.1) is 0 Å². The summed E-state index contributed by atoms with van der Waals surface area (Å²) in [7, 11) is 0. The van der Waals surface area contributed by atoms with E-state index < -0.39 is 30.0 Å². The number of aliphatic carboxylic acids is 1. The average Bonchev–Trinajstić information content (AvgIpc) is 2.49. The van der Waals surface area contributed by atoms with Crippen molar-refractivity contribution >= 4 is 18.0 Å². The number of carbonyl (C=O) groups is 3. The monoisotopic (exact) mass is 324 g/mol. The Balaban J connectivity index is 2.22. The van der Waals surface area contributed by atoms with E-state index in [9.17, 15) is 19.5 Å². The van der Waals surface area contributed by atoms with Crippen molar-refractivity contribution in [3.63, 3.8) is 0 Å². The van der Waals surface area contributed by atoms with E-state index in [1.54, 1.807) is 12.1 Å². The van der Waals surface area contributed by atoms with Crippen LogP contribution in [0.4, 0.5) is 4.79 Å². The number of carboxylic acids is 1. The molecule has 8 heteroatoms. The lowest BCUT2D eigenvalue weighted by atomic mass is 10.0. The molecule has 1 rings (SSSR count). The van der Waals surface area contributed by atoms with Crippen LogP contribution < -0.4 is 10.6 Å². The number of benzene rings is 1. The molecule has 8 nitrogen and oxygen atoms in total. The Bertz CT molecular complexity index is 544. The molecule has 0 aliphatic heterocycles. The minimum absolute atomic E-state index is 0.0849. The molecule has 0 saturated carbocycles. The van der Waals surface area contributed by atoms with Crippen LogP contribution in [0.15, 0.2) is 30.3 Å². The highest BCUT2D eigenvalue weighted by atomic mass is 16.5. The van der Waals surface area contributed by atoms with Crippen LogP contribution in [0.5, 0.6) is 0 Å². The lowest BCUT2D eigenvalue weighted by Gasteiger charge is -2.21. The van der Waals surface area contributed by atoms with Crippen molar-refractivity contribution in [1.82, 2.24) is 10.6 Å². The summed E-state index contributed by atoms with van der Waals surface area (Å²) in [5, 5.41) is 22.9. The van der Waals surface area contributed by atoms with Gasteiger partial charge in [-0.25, -0.2) is 4.79 Å². The van der Waals surface area contributed by atoms with Gasteiger partial charge in [0.25, 0.3) is 0 Å². The molecule has 0 radical (unpaired) electrons. The van der Waals surface area contributed by atoms with Gasteiger partial charge in [0.1, 0.15) is 6.61 Å². The summed E-state index contributed by atoms with van der Waals surface area (Å²) in [6.45, 7) is 0.806. The Morgan fingerprint density at radius 2 is 1.83 bits per heavy atom. The van der Waals surface area contributed by atoms with Gasteiger partial charge in [0.15, 0.2) is 0 Å². The molecule has 1 atom stereocenters. The van der Waals surface area contributed by atoms with Crippen LogP contribution in [0.2, 0.25) is 0 Å². The predicted molar refractivity (Wildman–Crippen MR) is 80.5 cm³/mol. The number of carboxylic acid groups (broad SMARTS) is 1. The van der Waals surface area contributed by atoms with Gasteiger partial charge in [-0.05, 0) is 12.5 Å². The van der Waals surface area contributed by atoms with Crippen molar-refractivity contribution in [2.24, 2.45) is 0 Å². The fourth-order valence-electron chi connectivity index (χ4n) is 1.67. The standard InChI is InChI=1S/C15H20N2O6/c1-15(22,7-13(19)20)10-17-12(18)8-16-14(21)23-9-11-5-3-2-4-6-11/h2-6,22H,7-10H2,1H3,(H,16,21)(H,17,18)(H,19,20). The Labute approximate surface area is 133 Å². The molecule has 0 fully saturated rings. The molecular formula is C15H20N2O6. The van der Waals surface area contributed by atoms with E-state index in [2.05, 4.69) is 10.6 Å². The number of ether oxygens (including phenoxy) is 1. The van der Waals surface area contributed by atoms with Gasteiger partial charge in [0.05, 0.1) is 18.6 Å². The normalized spacial score (nSPS) is 12.8. The molecule has 1 aromatic rings. The summed E-state index contributed by atoms with van der Waals surface area (Å²) in [4.78, 5) is 33.5. The number of aliphatic hydroxyl groups is 1. The molecule has 0 saturated heterocycles. The highest BCUT2D eigenvalue weighted by Gasteiger charge is 2.24. The fraction of sp³-hybridized carbons (Fsp3) is 0.400. The molecule has 0 bridgehead atoms. The summed E-state index contributed by atoms with van der Waals surface area (Å²) in [6, 6.07) is 9.06. The van der Waals surface area contributed by atoms with Crippen LogP contribution in [-0.4, -0.2) is 46.9 Å². The summed E-state index contributed by atoms with van der Waals surface area (Å²) >= 11 is 0. The summed E-state index contributed by atoms with van der Waals surface area (Å²) in [6.07, 6.45) is -1.25. The van der Waals surface area contributed by atoms with Crippen LogP contribution >= 0.6 is 0 Å². The minimum Gasteiger partial charge on any atom is -0.481 e. The third kappa shape index (κ3) is 8.42. The molecule has 0 aliphatic carbocycles. The lowest BCUT2D eigenvalue weighted by Crippen LogP contribution is -2.45. The minimum atomic E-state index is -1.56. The molecule has 0 spiro atoms. The maximum absolute atomic E-state index is 11.5. The van der Waals surface area contributed by atoms with E-state index in [1.807, 2.05) is 18.2 Å². The maximum Gasteiger partial charge on any atom is 0.407 e. The molecule has 1 aromatic carbocycles. The first kappa shape index (κ1) is 18.4. The molecule has 4 N–H and O–H groups in total. The van der Waals surface area contributed by atoms with E-state index in [-0.39, 0.29) is 19.7 Å². The summed E-state index contributed by atoms with van der Waals surface area (Å²) in [5.74, 6) is -1.74. The molecule has 2 amide bonds. The number of hydrogen-bond donors (Lipinski definition) is 4. The van der Waals surface area contributed by atoms with Crippen molar-refractivity contribution in [1.29, 1.82) is 0 Å². The van der Waals surface area contributed by atoms with Crippen molar-refractivity contribution in [2.45, 2.75) is 25.6 Å². The van der Waals surface area contributed by atoms with Gasteiger partial charge in [-0.2, -0.15) is 0 Å². The summed E-state index contributed by atoms with van der Waals surface area (Å²) < 4.78 is 4.92. The van der Waals surface area contributed by atoms with Gasteiger partial charge in [0, 0.05) is 6.54 Å². The smallest absolute Gasteiger partial charge is 0.407 e. The van der Waals surface area contributed by atoms with Gasteiger partial charge in [-0.1, -0.05) is 30.3 Å². The van der Waals surface area contributed by atoms with E-state index >= 15 is 0 Å². The lowest BCUT2D eigenvalue weighted by molar-refractivity contribution is -0.142. The second kappa shape index (κ2) is 8.74. The topological polar surface area (TPSA) is 125 Å². The fourth-order valence-corrected chi connectivity index (χ4v) is 1.67. The molecule has 0 aliphatic rings. The third-order valence-corrected chi connectivity index (χ3v) is 2.80. The van der Waals surface area contributed by atoms with Gasteiger partial charge in [-0.3, -0.25) is 9.59 Å². The van der Waals surface area contributed by atoms with Crippen molar-refractivity contribution in [3.8, 4) is 0 Å². The SMILES string of the molecule is CC(O)(CNC(=O)CNC(=O)OCc1ccccc1)CC(=O)O. The van der Waals surface area contributed by atoms with E-state index in [0.29, 0.717) is 0 Å². The van der Waals surface area contributed by atoms with Crippen LogP contribution in [0.1, 0.15) is 18.9 Å². The van der Waals surface area contributed by atoms with Gasteiger partial charge in [-0.15, -0.1) is 0 Å². The highest BCUT2D eigenvalue weighted by molar-refractivity contribution is 5.82. The number of alkyl carbamates (subject to hydrolysis) is 1. The van der Waals surface area contributed by atoms with E-state index in [4.69, 9.17) is 9.84 Å². The van der Waals surface area contributed by atoms with Crippen LogP contribution in [0.3, 0.4) is 0 Å². The average molecular weight is 324 g/mol. The first-order chi connectivity index (χ1) is 10.8. The zero-order valence-corrected chi connectivity index (χ0v) is 12.7. The molecule has 0 heterocycles. The second-order valence-electron chi connectivity index (χ2n) is 5.26. The highest BCUT2D eigenvalue weighted by Crippen LogP contribution is 2.07. The maximum atomic E-state index is 11.5. The van der Waals surface area contributed by atoms with Crippen molar-refractivity contribution < 1.29 is 29.3 Å². The number of amides is 2. The molecule has 0 aromatic heterocycles. The zero-order chi connectivity index (χ0) is 17.3. The van der Waals surface area contributed by atoms with Gasteiger partial charge in [0.2, 0.25) is 5.91 Å². The molecule has 23 heavy (non-hydrogen) atoms.